The molecular weight excluding hydrogens is 230 g/mol. The van der Waals surface area contributed by atoms with Gasteiger partial charge >= 0.3 is 0 Å². The Hall–Kier alpha value is -2.31. The highest BCUT2D eigenvalue weighted by molar-refractivity contribution is 5.52. The third kappa shape index (κ3) is 2.88. The highest BCUT2D eigenvalue weighted by atomic mass is 15.5. The van der Waals surface area contributed by atoms with E-state index in [1.54, 1.807) is 0 Å². The number of aromatic nitrogens is 4. The smallest absolute Gasteiger partial charge is 0.129 e. The van der Waals surface area contributed by atoms with Gasteiger partial charge in [-0.3, -0.25) is 5.10 Å². The number of tetrazole rings is 1. The van der Waals surface area contributed by atoms with E-state index in [1.807, 2.05) is 24.3 Å². The predicted octanol–water partition coefficient (Wildman–Crippen LogP) is 2.09. The molecule has 0 radical (unpaired) electrons. The standard InChI is InChI=1S/C11H14N7/c1-3-18(4-2)10-7-5-9(6-8-10)12-13-11-14-16-17-15-11/h5-8H,3-4H2,1-2H3/q-1. The summed E-state index contributed by atoms with van der Waals surface area (Å²) in [4.78, 5) is 2.26. The van der Waals surface area contributed by atoms with Crippen LogP contribution >= 0.6 is 0 Å². The molecule has 18 heavy (non-hydrogen) atoms. The number of nitrogens with zero attached hydrogens (tertiary/aromatic N) is 7. The number of hydrogen-bond acceptors (Lipinski definition) is 6. The van der Waals surface area contributed by atoms with Gasteiger partial charge < -0.3 is 4.90 Å². The molecule has 0 saturated heterocycles. The molecule has 0 aliphatic rings. The molecule has 0 aliphatic heterocycles. The molecule has 0 unspecified atom stereocenters. The Morgan fingerprint density at radius 2 is 1.83 bits per heavy atom. The van der Waals surface area contributed by atoms with E-state index < -0.39 is 0 Å². The second-order valence-electron chi connectivity index (χ2n) is 3.57. The molecule has 0 bridgehead atoms. The highest BCUT2D eigenvalue weighted by Crippen LogP contribution is 2.20. The zero-order chi connectivity index (χ0) is 12.8. The molecule has 1 aromatic heterocycles. The van der Waals surface area contributed by atoms with E-state index >= 15 is 0 Å². The summed E-state index contributed by atoms with van der Waals surface area (Å²) in [6.07, 6.45) is 0. The van der Waals surface area contributed by atoms with Crippen LogP contribution in [-0.2, 0) is 0 Å². The van der Waals surface area contributed by atoms with E-state index in [-0.39, 0.29) is 5.95 Å². The van der Waals surface area contributed by atoms with Crippen molar-refractivity contribution in [1.29, 1.82) is 0 Å². The summed E-state index contributed by atoms with van der Waals surface area (Å²) >= 11 is 0. The lowest BCUT2D eigenvalue weighted by molar-refractivity contribution is 0.866. The summed E-state index contributed by atoms with van der Waals surface area (Å²) in [5.74, 6) is 0.169. The van der Waals surface area contributed by atoms with Crippen LogP contribution in [-0.4, -0.2) is 28.6 Å². The Kier molecular flexibility index (Phi) is 3.95. The second-order valence-corrected chi connectivity index (χ2v) is 3.57. The molecular formula is C11H14N7-. The first-order chi connectivity index (χ1) is 8.83. The Morgan fingerprint density at radius 1 is 1.11 bits per heavy atom. The lowest BCUT2D eigenvalue weighted by Gasteiger charge is -2.20. The van der Waals surface area contributed by atoms with Crippen molar-refractivity contribution in [1.82, 2.24) is 20.6 Å². The van der Waals surface area contributed by atoms with Crippen molar-refractivity contribution in [2.45, 2.75) is 13.8 Å². The molecule has 7 nitrogen and oxygen atoms in total. The third-order valence-electron chi connectivity index (χ3n) is 2.54. The van der Waals surface area contributed by atoms with Gasteiger partial charge in [-0.1, -0.05) is 0 Å². The minimum absolute atomic E-state index is 0.169. The fourth-order valence-electron chi connectivity index (χ4n) is 1.60. The van der Waals surface area contributed by atoms with Gasteiger partial charge in [-0.15, -0.1) is 5.21 Å². The quantitative estimate of drug-likeness (QED) is 0.752. The van der Waals surface area contributed by atoms with Crippen LogP contribution < -0.4 is 10.00 Å². The van der Waals surface area contributed by atoms with Crippen molar-refractivity contribution in [3.05, 3.63) is 24.3 Å². The van der Waals surface area contributed by atoms with Crippen LogP contribution in [0.2, 0.25) is 0 Å². The van der Waals surface area contributed by atoms with Crippen LogP contribution in [0.25, 0.3) is 0 Å². The third-order valence-corrected chi connectivity index (χ3v) is 2.54. The Labute approximate surface area is 105 Å². The van der Waals surface area contributed by atoms with Gasteiger partial charge in [0.25, 0.3) is 0 Å². The van der Waals surface area contributed by atoms with Gasteiger partial charge in [0, 0.05) is 18.8 Å². The van der Waals surface area contributed by atoms with Gasteiger partial charge in [0.15, 0.2) is 0 Å². The molecule has 0 spiro atoms. The normalized spacial score (nSPS) is 11.0. The molecule has 1 aromatic carbocycles. The first-order valence-electron chi connectivity index (χ1n) is 5.79. The molecule has 0 atom stereocenters. The van der Waals surface area contributed by atoms with Gasteiger partial charge in [-0.05, 0) is 38.1 Å². The van der Waals surface area contributed by atoms with Crippen LogP contribution in [0.1, 0.15) is 13.8 Å². The summed E-state index contributed by atoms with van der Waals surface area (Å²) < 4.78 is 0. The van der Waals surface area contributed by atoms with E-state index in [2.05, 4.69) is 49.6 Å². The minimum atomic E-state index is 0.169. The molecule has 2 rings (SSSR count). The number of anilines is 1. The molecule has 1 heterocycles. The van der Waals surface area contributed by atoms with E-state index in [4.69, 9.17) is 0 Å². The average Bonchev–Trinajstić information content (AvgIpc) is 2.92. The summed E-state index contributed by atoms with van der Waals surface area (Å²) in [6.45, 7) is 6.22. The zero-order valence-corrected chi connectivity index (χ0v) is 10.4. The monoisotopic (exact) mass is 244 g/mol. The summed E-state index contributed by atoms with van der Waals surface area (Å²) in [7, 11) is 0. The van der Waals surface area contributed by atoms with E-state index in [9.17, 15) is 0 Å². The minimum Gasteiger partial charge on any atom is -0.372 e. The Balaban J connectivity index is 2.08. The van der Waals surface area contributed by atoms with E-state index in [0.29, 0.717) is 0 Å². The largest absolute Gasteiger partial charge is 0.372 e. The first kappa shape index (κ1) is 12.2. The van der Waals surface area contributed by atoms with Crippen molar-refractivity contribution in [2.24, 2.45) is 10.2 Å². The maximum absolute atomic E-state index is 4.00. The first-order valence-corrected chi connectivity index (χ1v) is 5.79. The average molecular weight is 244 g/mol. The molecule has 0 amide bonds. The lowest BCUT2D eigenvalue weighted by atomic mass is 10.2. The lowest BCUT2D eigenvalue weighted by Crippen LogP contribution is -2.21. The van der Waals surface area contributed by atoms with Crippen LogP contribution in [0.5, 0.6) is 0 Å². The van der Waals surface area contributed by atoms with E-state index in [0.717, 1.165) is 18.8 Å². The van der Waals surface area contributed by atoms with Crippen molar-refractivity contribution < 1.29 is 0 Å². The maximum Gasteiger partial charge on any atom is 0.129 e. The fraction of sp³-hybridized carbons (Fsp3) is 0.364. The van der Waals surface area contributed by atoms with Crippen LogP contribution in [0.3, 0.4) is 0 Å². The zero-order valence-electron chi connectivity index (χ0n) is 10.4. The number of hydrogen-bond donors (Lipinski definition) is 0. The molecule has 2 aromatic rings. The van der Waals surface area contributed by atoms with Gasteiger partial charge in [0.1, 0.15) is 5.95 Å². The molecule has 0 aliphatic carbocycles. The molecule has 0 fully saturated rings. The fourth-order valence-corrected chi connectivity index (χ4v) is 1.60. The van der Waals surface area contributed by atoms with Gasteiger partial charge in [0.2, 0.25) is 0 Å². The maximum atomic E-state index is 4.00. The van der Waals surface area contributed by atoms with Crippen molar-refractivity contribution in [2.75, 3.05) is 18.0 Å². The molecule has 7 heteroatoms. The van der Waals surface area contributed by atoms with Crippen molar-refractivity contribution >= 4 is 17.3 Å². The SMILES string of the molecule is CCN(CC)c1ccc(N=Nc2nnn[n-]2)cc1. The van der Waals surface area contributed by atoms with Gasteiger partial charge in [-0.25, -0.2) is 15.3 Å². The Morgan fingerprint density at radius 3 is 2.39 bits per heavy atom. The van der Waals surface area contributed by atoms with Crippen LogP contribution in [0.15, 0.2) is 34.5 Å². The molecule has 0 N–H and O–H groups in total. The van der Waals surface area contributed by atoms with Gasteiger partial charge in [0.05, 0.1) is 5.69 Å². The van der Waals surface area contributed by atoms with Gasteiger partial charge in [-0.2, -0.15) is 5.21 Å². The predicted molar refractivity (Wildman–Crippen MR) is 67.3 cm³/mol. The van der Waals surface area contributed by atoms with Crippen LogP contribution in [0.4, 0.5) is 17.3 Å². The Bertz CT molecular complexity index is 485. The van der Waals surface area contributed by atoms with Crippen molar-refractivity contribution in [3.63, 3.8) is 0 Å². The number of rotatable bonds is 5. The summed E-state index contributed by atoms with van der Waals surface area (Å²) in [5.41, 5.74) is 1.92. The summed E-state index contributed by atoms with van der Waals surface area (Å²) in [6, 6.07) is 7.84. The van der Waals surface area contributed by atoms with E-state index in [1.165, 1.54) is 5.69 Å². The summed E-state index contributed by atoms with van der Waals surface area (Å²) in [5, 5.41) is 21.6. The topological polar surface area (TPSA) is 80.7 Å². The molecule has 94 valence electrons. The molecule has 0 saturated carbocycles. The van der Waals surface area contributed by atoms with Crippen LogP contribution in [0, 0.1) is 0 Å². The second kappa shape index (κ2) is 5.85. The number of azo groups is 1. The highest BCUT2D eigenvalue weighted by Gasteiger charge is 2.00. The number of benzene rings is 1. The van der Waals surface area contributed by atoms with Crippen molar-refractivity contribution in [3.8, 4) is 0 Å².